The van der Waals surface area contributed by atoms with E-state index in [0.717, 1.165) is 15.7 Å². The second kappa shape index (κ2) is 8.35. The van der Waals surface area contributed by atoms with Gasteiger partial charge < -0.3 is 5.32 Å². The normalized spacial score (nSPS) is 11.1. The number of aromatic nitrogens is 4. The standard InChI is InChI=1S/C22H20BrN5O3/c1-26-19-18(20(30)27(2)22(26)31)25-21(23)28(19)13-17(29)24-16-11-7-6-10-15(16)12-14-8-4-3-5-9-14/h3-11H,12-13H2,1-2H3,(H,24,29). The van der Waals surface area contributed by atoms with Gasteiger partial charge in [-0.05, 0) is 39.5 Å². The van der Waals surface area contributed by atoms with E-state index in [2.05, 4.69) is 26.2 Å². The van der Waals surface area contributed by atoms with Crippen LogP contribution in [0.1, 0.15) is 11.1 Å². The van der Waals surface area contributed by atoms with Gasteiger partial charge in [-0.3, -0.25) is 23.3 Å². The molecule has 1 amide bonds. The molecule has 0 fully saturated rings. The van der Waals surface area contributed by atoms with Crippen molar-refractivity contribution in [2.75, 3.05) is 5.32 Å². The molecule has 4 rings (SSSR count). The third-order valence-corrected chi connectivity index (χ3v) is 5.73. The molecule has 2 aromatic heterocycles. The van der Waals surface area contributed by atoms with Crippen LogP contribution in [0.15, 0.2) is 68.9 Å². The molecule has 31 heavy (non-hydrogen) atoms. The van der Waals surface area contributed by atoms with Crippen LogP contribution in [-0.4, -0.2) is 24.6 Å². The molecule has 0 saturated heterocycles. The summed E-state index contributed by atoms with van der Waals surface area (Å²) in [5, 5.41) is 2.94. The summed E-state index contributed by atoms with van der Waals surface area (Å²) in [6, 6.07) is 17.6. The molecule has 0 aliphatic rings. The number of hydrogen-bond acceptors (Lipinski definition) is 4. The average Bonchev–Trinajstić information content (AvgIpc) is 3.09. The fraction of sp³-hybridized carbons (Fsp3) is 0.182. The Bertz CT molecular complexity index is 1400. The van der Waals surface area contributed by atoms with Gasteiger partial charge in [-0.1, -0.05) is 48.5 Å². The highest BCUT2D eigenvalue weighted by molar-refractivity contribution is 9.10. The number of nitrogens with zero attached hydrogens (tertiary/aromatic N) is 4. The Kier molecular flexibility index (Phi) is 5.60. The minimum absolute atomic E-state index is 0.114. The second-order valence-corrected chi connectivity index (χ2v) is 7.92. The van der Waals surface area contributed by atoms with Crippen LogP contribution in [0.25, 0.3) is 11.2 Å². The average molecular weight is 482 g/mol. The fourth-order valence-electron chi connectivity index (χ4n) is 3.55. The number of fused-ring (bicyclic) bond motifs is 1. The van der Waals surface area contributed by atoms with Gasteiger partial charge in [-0.25, -0.2) is 9.78 Å². The Labute approximate surface area is 185 Å². The number of benzene rings is 2. The lowest BCUT2D eigenvalue weighted by atomic mass is 10.0. The molecule has 0 saturated carbocycles. The smallest absolute Gasteiger partial charge is 0.324 e. The molecule has 0 bridgehead atoms. The number of imidazole rings is 1. The van der Waals surface area contributed by atoms with E-state index in [0.29, 0.717) is 16.8 Å². The maximum atomic E-state index is 12.9. The van der Waals surface area contributed by atoms with Gasteiger partial charge in [0.05, 0.1) is 0 Å². The minimum Gasteiger partial charge on any atom is -0.324 e. The molecule has 8 nitrogen and oxygen atoms in total. The number of hydrogen-bond donors (Lipinski definition) is 1. The molecule has 9 heteroatoms. The van der Waals surface area contributed by atoms with Crippen LogP contribution < -0.4 is 16.6 Å². The van der Waals surface area contributed by atoms with Crippen molar-refractivity contribution in [2.45, 2.75) is 13.0 Å². The predicted octanol–water partition coefficient (Wildman–Crippen LogP) is 2.43. The molecule has 0 spiro atoms. The van der Waals surface area contributed by atoms with Crippen molar-refractivity contribution in [2.24, 2.45) is 14.1 Å². The lowest BCUT2D eigenvalue weighted by Gasteiger charge is -2.13. The number of aryl methyl sites for hydroxylation is 1. The molecule has 2 heterocycles. The summed E-state index contributed by atoms with van der Waals surface area (Å²) < 4.78 is 4.11. The van der Waals surface area contributed by atoms with Crippen molar-refractivity contribution in [1.82, 2.24) is 18.7 Å². The summed E-state index contributed by atoms with van der Waals surface area (Å²) in [6.07, 6.45) is 0.680. The van der Waals surface area contributed by atoms with Gasteiger partial charge in [0.25, 0.3) is 5.56 Å². The number of nitrogens with one attached hydrogen (secondary N) is 1. The minimum atomic E-state index is -0.508. The van der Waals surface area contributed by atoms with Gasteiger partial charge in [0, 0.05) is 19.8 Å². The van der Waals surface area contributed by atoms with E-state index in [1.54, 1.807) is 7.05 Å². The number of halogens is 1. The van der Waals surface area contributed by atoms with E-state index in [1.165, 1.54) is 16.2 Å². The number of rotatable bonds is 5. The molecule has 1 N–H and O–H groups in total. The molecule has 0 aliphatic carbocycles. The first kappa shape index (κ1) is 20.8. The summed E-state index contributed by atoms with van der Waals surface area (Å²) in [7, 11) is 2.94. The highest BCUT2D eigenvalue weighted by atomic mass is 79.9. The van der Waals surface area contributed by atoms with Crippen LogP contribution in [-0.2, 0) is 31.9 Å². The molecule has 2 aromatic carbocycles. The van der Waals surface area contributed by atoms with Crippen molar-refractivity contribution in [3.63, 3.8) is 0 Å². The monoisotopic (exact) mass is 481 g/mol. The highest BCUT2D eigenvalue weighted by Gasteiger charge is 2.19. The third kappa shape index (κ3) is 3.96. The first-order valence-electron chi connectivity index (χ1n) is 9.60. The predicted molar refractivity (Wildman–Crippen MR) is 122 cm³/mol. The van der Waals surface area contributed by atoms with Crippen molar-refractivity contribution in [3.05, 3.63) is 91.3 Å². The lowest BCUT2D eigenvalue weighted by molar-refractivity contribution is -0.116. The number of carbonyl (C=O) groups is 1. The van der Waals surface area contributed by atoms with Gasteiger partial charge in [-0.2, -0.15) is 0 Å². The summed E-state index contributed by atoms with van der Waals surface area (Å²) >= 11 is 3.31. The Morgan fingerprint density at radius 2 is 1.68 bits per heavy atom. The summed E-state index contributed by atoms with van der Waals surface area (Å²) in [5.74, 6) is -0.298. The van der Waals surface area contributed by atoms with Gasteiger partial charge in [0.15, 0.2) is 15.9 Å². The van der Waals surface area contributed by atoms with E-state index in [4.69, 9.17) is 0 Å². The molecule has 0 aliphatic heterocycles. The SMILES string of the molecule is Cn1c(=O)c2nc(Br)n(CC(=O)Nc3ccccc3Cc3ccccc3)c2n(C)c1=O. The van der Waals surface area contributed by atoms with Crippen LogP contribution >= 0.6 is 15.9 Å². The number of carbonyl (C=O) groups excluding carboxylic acids is 1. The van der Waals surface area contributed by atoms with Gasteiger partial charge in [0.1, 0.15) is 6.54 Å². The summed E-state index contributed by atoms with van der Waals surface area (Å²) in [5.41, 5.74) is 2.24. The van der Waals surface area contributed by atoms with Gasteiger partial charge in [0.2, 0.25) is 5.91 Å². The largest absolute Gasteiger partial charge is 0.332 e. The lowest BCUT2D eigenvalue weighted by Crippen LogP contribution is -2.37. The first-order valence-corrected chi connectivity index (χ1v) is 10.4. The Balaban J connectivity index is 1.64. The highest BCUT2D eigenvalue weighted by Crippen LogP contribution is 2.20. The quantitative estimate of drug-likeness (QED) is 0.443. The Hall–Kier alpha value is -3.46. The zero-order valence-electron chi connectivity index (χ0n) is 17.0. The van der Waals surface area contributed by atoms with E-state index in [1.807, 2.05) is 54.6 Å². The molecular weight excluding hydrogens is 462 g/mol. The molecular formula is C22H20BrN5O3. The summed E-state index contributed by atoms with van der Waals surface area (Å²) in [6.45, 7) is -0.114. The van der Waals surface area contributed by atoms with Crippen LogP contribution in [0, 0.1) is 0 Å². The van der Waals surface area contributed by atoms with E-state index >= 15 is 0 Å². The fourth-order valence-corrected chi connectivity index (χ4v) is 4.02. The van der Waals surface area contributed by atoms with Crippen molar-refractivity contribution < 1.29 is 4.79 Å². The maximum absolute atomic E-state index is 12.9. The molecule has 0 atom stereocenters. The van der Waals surface area contributed by atoms with Crippen LogP contribution in [0.4, 0.5) is 5.69 Å². The molecule has 0 unspecified atom stereocenters. The topological polar surface area (TPSA) is 90.9 Å². The second-order valence-electron chi connectivity index (χ2n) is 7.21. The third-order valence-electron chi connectivity index (χ3n) is 5.12. The zero-order chi connectivity index (χ0) is 22.1. The molecule has 0 radical (unpaired) electrons. The molecule has 158 valence electrons. The van der Waals surface area contributed by atoms with Crippen molar-refractivity contribution in [1.29, 1.82) is 0 Å². The first-order chi connectivity index (χ1) is 14.9. The van der Waals surface area contributed by atoms with Gasteiger partial charge in [-0.15, -0.1) is 0 Å². The Morgan fingerprint density at radius 3 is 2.42 bits per heavy atom. The van der Waals surface area contributed by atoms with Crippen LogP contribution in [0.3, 0.4) is 0 Å². The summed E-state index contributed by atoms with van der Waals surface area (Å²) in [4.78, 5) is 41.8. The van der Waals surface area contributed by atoms with Crippen molar-refractivity contribution >= 4 is 38.7 Å². The zero-order valence-corrected chi connectivity index (χ0v) is 18.6. The number of amides is 1. The van der Waals surface area contributed by atoms with Crippen LogP contribution in [0.5, 0.6) is 0 Å². The van der Waals surface area contributed by atoms with Gasteiger partial charge >= 0.3 is 5.69 Å². The molecule has 4 aromatic rings. The van der Waals surface area contributed by atoms with E-state index < -0.39 is 11.2 Å². The maximum Gasteiger partial charge on any atom is 0.332 e. The number of para-hydroxylation sites is 1. The van der Waals surface area contributed by atoms with E-state index in [9.17, 15) is 14.4 Å². The Morgan fingerprint density at radius 1 is 1.00 bits per heavy atom. The van der Waals surface area contributed by atoms with Crippen LogP contribution in [0.2, 0.25) is 0 Å². The number of anilines is 1. The van der Waals surface area contributed by atoms with Crippen molar-refractivity contribution in [3.8, 4) is 0 Å². The van der Waals surface area contributed by atoms with E-state index in [-0.39, 0.29) is 23.6 Å².